The molecule has 1 amide bonds. The maximum absolute atomic E-state index is 13.8. The third kappa shape index (κ3) is 3.95. The summed E-state index contributed by atoms with van der Waals surface area (Å²) in [4.78, 5) is 12.3. The van der Waals surface area contributed by atoms with Crippen LogP contribution in [-0.2, 0) is 0 Å². The van der Waals surface area contributed by atoms with E-state index >= 15 is 0 Å². The topological polar surface area (TPSA) is 52.9 Å². The highest BCUT2D eigenvalue weighted by Gasteiger charge is 2.32. The molecule has 0 aromatic heterocycles. The van der Waals surface area contributed by atoms with Gasteiger partial charge >= 0.3 is 0 Å². The molecule has 0 unspecified atom stereocenters. The first-order valence-corrected chi connectivity index (χ1v) is 7.63. The number of carbonyl (C=O) groups is 1. The van der Waals surface area contributed by atoms with Gasteiger partial charge in [0.05, 0.1) is 11.6 Å². The largest absolute Gasteiger partial charge is 0.334 e. The number of nitriles is 1. The van der Waals surface area contributed by atoms with Crippen LogP contribution in [0.3, 0.4) is 0 Å². The zero-order chi connectivity index (χ0) is 15.3. The van der Waals surface area contributed by atoms with Gasteiger partial charge in [-0.1, -0.05) is 43.7 Å². The Hall–Kier alpha value is -1.60. The minimum atomic E-state index is -0.885. The summed E-state index contributed by atoms with van der Waals surface area (Å²) in [5.74, 6) is -1.22. The molecule has 3 nitrogen and oxygen atoms in total. The molecule has 1 aromatic carbocycles. The summed E-state index contributed by atoms with van der Waals surface area (Å²) < 4.78 is 13.8. The summed E-state index contributed by atoms with van der Waals surface area (Å²) in [6.07, 6.45) is 6.33. The maximum Gasteiger partial charge on any atom is 0.255 e. The normalized spacial score (nSPS) is 18.1. The average molecular weight is 309 g/mol. The summed E-state index contributed by atoms with van der Waals surface area (Å²) in [5, 5.41) is 12.5. The number of nitrogens with zero attached hydrogens (tertiary/aromatic N) is 1. The van der Waals surface area contributed by atoms with Crippen molar-refractivity contribution in [3.8, 4) is 6.07 Å². The second-order valence-electron chi connectivity index (χ2n) is 5.54. The van der Waals surface area contributed by atoms with E-state index in [1.807, 2.05) is 0 Å². The van der Waals surface area contributed by atoms with Crippen LogP contribution >= 0.6 is 11.6 Å². The van der Waals surface area contributed by atoms with E-state index in [1.165, 1.54) is 18.6 Å². The highest BCUT2D eigenvalue weighted by Crippen LogP contribution is 2.26. The highest BCUT2D eigenvalue weighted by atomic mass is 35.5. The van der Waals surface area contributed by atoms with Crippen LogP contribution < -0.4 is 5.32 Å². The van der Waals surface area contributed by atoms with Crippen molar-refractivity contribution < 1.29 is 9.18 Å². The van der Waals surface area contributed by atoms with Crippen LogP contribution in [0.4, 0.5) is 4.39 Å². The second-order valence-corrected chi connectivity index (χ2v) is 5.98. The van der Waals surface area contributed by atoms with Crippen LogP contribution in [0.1, 0.15) is 55.3 Å². The van der Waals surface area contributed by atoms with Crippen molar-refractivity contribution >= 4 is 17.5 Å². The molecule has 112 valence electrons. The number of amides is 1. The van der Waals surface area contributed by atoms with Gasteiger partial charge in [0.2, 0.25) is 0 Å². The molecule has 0 atom stereocenters. The van der Waals surface area contributed by atoms with E-state index in [-0.39, 0.29) is 10.6 Å². The molecule has 0 saturated heterocycles. The van der Waals surface area contributed by atoms with Crippen molar-refractivity contribution in [1.29, 1.82) is 5.26 Å². The van der Waals surface area contributed by atoms with Gasteiger partial charge in [-0.15, -0.1) is 0 Å². The average Bonchev–Trinajstić information content (AvgIpc) is 2.42. The molecule has 1 saturated carbocycles. The predicted octanol–water partition coefficient (Wildman–Crippen LogP) is 4.22. The van der Waals surface area contributed by atoms with Gasteiger partial charge in [0.25, 0.3) is 5.91 Å². The lowest BCUT2D eigenvalue weighted by molar-refractivity contribution is 0.0903. The highest BCUT2D eigenvalue weighted by molar-refractivity contribution is 6.30. The molecule has 1 fully saturated rings. The maximum atomic E-state index is 13.8. The Morgan fingerprint density at radius 2 is 1.86 bits per heavy atom. The molecular formula is C16H18ClFN2O. The molecule has 2 rings (SSSR count). The van der Waals surface area contributed by atoms with Crippen molar-refractivity contribution in [3.63, 3.8) is 0 Å². The van der Waals surface area contributed by atoms with Crippen LogP contribution in [0, 0.1) is 17.1 Å². The van der Waals surface area contributed by atoms with Gasteiger partial charge < -0.3 is 5.32 Å². The lowest BCUT2D eigenvalue weighted by atomic mass is 9.85. The molecule has 0 spiro atoms. The van der Waals surface area contributed by atoms with Gasteiger partial charge in [-0.05, 0) is 31.0 Å². The fourth-order valence-electron chi connectivity index (χ4n) is 2.73. The molecule has 1 aliphatic rings. The Bertz CT molecular complexity index is 560. The molecule has 5 heteroatoms. The van der Waals surface area contributed by atoms with Crippen molar-refractivity contribution in [1.82, 2.24) is 5.32 Å². The van der Waals surface area contributed by atoms with Crippen LogP contribution in [-0.4, -0.2) is 11.4 Å². The molecule has 0 bridgehead atoms. The minimum Gasteiger partial charge on any atom is -0.334 e. The monoisotopic (exact) mass is 308 g/mol. The standard InChI is InChI=1S/C16H18ClFN2O/c17-12-6-7-13(14(18)10-12)15(21)20-16(11-19)8-4-2-1-3-5-9-16/h6-7,10H,1-5,8-9H2,(H,20,21). The van der Waals surface area contributed by atoms with E-state index in [9.17, 15) is 14.4 Å². The third-order valence-corrected chi connectivity index (χ3v) is 4.18. The number of benzene rings is 1. The summed E-state index contributed by atoms with van der Waals surface area (Å²) in [5.41, 5.74) is -0.958. The first-order chi connectivity index (χ1) is 10.1. The SMILES string of the molecule is N#CC1(NC(=O)c2ccc(Cl)cc2F)CCCCCCC1. The van der Waals surface area contributed by atoms with Gasteiger partial charge in [0, 0.05) is 5.02 Å². The second kappa shape index (κ2) is 6.91. The van der Waals surface area contributed by atoms with Crippen LogP contribution in [0.2, 0.25) is 5.02 Å². The minimum absolute atomic E-state index is 0.0731. The lowest BCUT2D eigenvalue weighted by Gasteiger charge is -2.29. The van der Waals surface area contributed by atoms with Crippen molar-refractivity contribution in [2.45, 2.75) is 50.5 Å². The molecule has 1 N–H and O–H groups in total. The Balaban J connectivity index is 2.16. The van der Waals surface area contributed by atoms with Gasteiger partial charge in [-0.2, -0.15) is 5.26 Å². The lowest BCUT2D eigenvalue weighted by Crippen LogP contribution is -2.48. The van der Waals surface area contributed by atoms with Crippen molar-refractivity contribution in [3.05, 3.63) is 34.6 Å². The third-order valence-electron chi connectivity index (χ3n) is 3.95. The first kappa shape index (κ1) is 15.8. The number of hydrogen-bond donors (Lipinski definition) is 1. The quantitative estimate of drug-likeness (QED) is 0.889. The van der Waals surface area contributed by atoms with E-state index in [0.29, 0.717) is 12.8 Å². The molecular weight excluding hydrogens is 291 g/mol. The number of nitrogens with one attached hydrogen (secondary N) is 1. The van der Waals surface area contributed by atoms with Gasteiger partial charge in [-0.3, -0.25) is 4.79 Å². The van der Waals surface area contributed by atoms with Gasteiger partial charge in [0.1, 0.15) is 11.4 Å². The molecule has 0 aliphatic heterocycles. The van der Waals surface area contributed by atoms with E-state index in [4.69, 9.17) is 11.6 Å². The molecule has 1 aromatic rings. The molecule has 21 heavy (non-hydrogen) atoms. The molecule has 0 radical (unpaired) electrons. The Morgan fingerprint density at radius 1 is 1.24 bits per heavy atom. The molecule has 0 heterocycles. The Labute approximate surface area is 129 Å². The van der Waals surface area contributed by atoms with Crippen LogP contribution in [0.15, 0.2) is 18.2 Å². The zero-order valence-electron chi connectivity index (χ0n) is 11.8. The van der Waals surface area contributed by atoms with Gasteiger partial charge in [-0.25, -0.2) is 4.39 Å². The zero-order valence-corrected chi connectivity index (χ0v) is 12.5. The fraction of sp³-hybridized carbons (Fsp3) is 0.500. The van der Waals surface area contributed by atoms with Crippen LogP contribution in [0.25, 0.3) is 0 Å². The number of hydrogen-bond acceptors (Lipinski definition) is 2. The van der Waals surface area contributed by atoms with E-state index in [0.717, 1.165) is 31.7 Å². The van der Waals surface area contributed by atoms with E-state index < -0.39 is 17.3 Å². The summed E-state index contributed by atoms with van der Waals surface area (Å²) in [7, 11) is 0. The number of carbonyl (C=O) groups excluding carboxylic acids is 1. The molecule has 1 aliphatic carbocycles. The van der Waals surface area contributed by atoms with E-state index in [2.05, 4.69) is 11.4 Å². The summed E-state index contributed by atoms with van der Waals surface area (Å²) in [6, 6.07) is 6.16. The number of rotatable bonds is 2. The number of halogens is 2. The van der Waals surface area contributed by atoms with Crippen molar-refractivity contribution in [2.24, 2.45) is 0 Å². The van der Waals surface area contributed by atoms with Gasteiger partial charge in [0.15, 0.2) is 0 Å². The Morgan fingerprint density at radius 3 is 2.43 bits per heavy atom. The van der Waals surface area contributed by atoms with Crippen molar-refractivity contribution in [2.75, 3.05) is 0 Å². The first-order valence-electron chi connectivity index (χ1n) is 7.25. The predicted molar refractivity (Wildman–Crippen MR) is 79.5 cm³/mol. The van der Waals surface area contributed by atoms with Crippen LogP contribution in [0.5, 0.6) is 0 Å². The van der Waals surface area contributed by atoms with E-state index in [1.54, 1.807) is 0 Å². The Kier molecular flexibility index (Phi) is 5.19. The summed E-state index contributed by atoms with van der Waals surface area (Å²) in [6.45, 7) is 0. The fourth-order valence-corrected chi connectivity index (χ4v) is 2.89. The smallest absolute Gasteiger partial charge is 0.255 e. The summed E-state index contributed by atoms with van der Waals surface area (Å²) >= 11 is 5.68.